The second kappa shape index (κ2) is 10.9. The third kappa shape index (κ3) is 5.01. The molecule has 0 bridgehead atoms. The maximum absolute atomic E-state index is 13.4. The van der Waals surface area contributed by atoms with Gasteiger partial charge in [-0.3, -0.25) is 4.79 Å². The van der Waals surface area contributed by atoms with Crippen molar-refractivity contribution < 1.29 is 4.74 Å². The molecule has 0 aliphatic rings. The zero-order valence-corrected chi connectivity index (χ0v) is 24.0. The van der Waals surface area contributed by atoms with E-state index in [1.165, 1.54) is 15.9 Å². The van der Waals surface area contributed by atoms with Crippen LogP contribution in [0.4, 0.5) is 0 Å². The van der Waals surface area contributed by atoms with Crippen molar-refractivity contribution in [1.82, 2.24) is 24.4 Å². The summed E-state index contributed by atoms with van der Waals surface area (Å²) in [4.78, 5) is 18.4. The third-order valence-electron chi connectivity index (χ3n) is 6.31. The van der Waals surface area contributed by atoms with Crippen LogP contribution in [0.3, 0.4) is 0 Å². The predicted molar refractivity (Wildman–Crippen MR) is 161 cm³/mol. The van der Waals surface area contributed by atoms with Gasteiger partial charge in [-0.15, -0.1) is 5.10 Å². The molecule has 6 rings (SSSR count). The molecule has 200 valence electrons. The molecule has 0 saturated heterocycles. The van der Waals surface area contributed by atoms with E-state index in [1.807, 2.05) is 66.3 Å². The van der Waals surface area contributed by atoms with E-state index in [9.17, 15) is 4.79 Å². The molecule has 0 atom stereocenters. The van der Waals surface area contributed by atoms with E-state index in [-0.39, 0.29) is 5.56 Å². The number of nitrogens with zero attached hydrogens (tertiary/aromatic N) is 5. The number of thiazole rings is 1. The predicted octanol–water partition coefficient (Wildman–Crippen LogP) is 6.62. The number of halogens is 2. The van der Waals surface area contributed by atoms with Crippen molar-refractivity contribution in [2.45, 2.75) is 20.3 Å². The number of aryl methyl sites for hydroxylation is 1. The van der Waals surface area contributed by atoms with Crippen molar-refractivity contribution in [3.05, 3.63) is 109 Å². The third-order valence-corrected chi connectivity index (χ3v) is 7.82. The number of hydrogen-bond acceptors (Lipinski definition) is 6. The van der Waals surface area contributed by atoms with E-state index >= 15 is 0 Å². The van der Waals surface area contributed by atoms with Gasteiger partial charge in [0, 0.05) is 27.9 Å². The molecular formula is C30H23Cl2N5O2S. The molecule has 3 heterocycles. The zero-order valence-electron chi connectivity index (χ0n) is 21.6. The highest BCUT2D eigenvalue weighted by Crippen LogP contribution is 2.30. The summed E-state index contributed by atoms with van der Waals surface area (Å²) in [6, 6.07) is 21.0. The number of rotatable bonds is 7. The number of benzene rings is 3. The Morgan fingerprint density at radius 3 is 2.58 bits per heavy atom. The topological polar surface area (TPSA) is 74.3 Å². The average molecular weight is 589 g/mol. The Labute approximate surface area is 243 Å². The molecule has 0 aliphatic heterocycles. The van der Waals surface area contributed by atoms with Crippen LogP contribution in [0.2, 0.25) is 10.0 Å². The van der Waals surface area contributed by atoms with Crippen molar-refractivity contribution in [3.63, 3.8) is 0 Å². The molecule has 3 aromatic heterocycles. The van der Waals surface area contributed by atoms with Crippen LogP contribution in [0.15, 0.2) is 77.7 Å². The van der Waals surface area contributed by atoms with Crippen LogP contribution in [-0.2, 0) is 0 Å². The highest BCUT2D eigenvalue weighted by Gasteiger charge is 2.17. The van der Waals surface area contributed by atoms with Gasteiger partial charge in [-0.25, -0.2) is 4.68 Å². The van der Waals surface area contributed by atoms with Crippen molar-refractivity contribution in [2.24, 2.45) is 0 Å². The van der Waals surface area contributed by atoms with Crippen LogP contribution in [0.5, 0.6) is 5.75 Å². The van der Waals surface area contributed by atoms with Crippen LogP contribution in [0, 0.1) is 6.92 Å². The van der Waals surface area contributed by atoms with Crippen LogP contribution in [0.25, 0.3) is 39.4 Å². The van der Waals surface area contributed by atoms with E-state index in [0.29, 0.717) is 37.5 Å². The molecule has 0 unspecified atom stereocenters. The number of fused-ring (bicyclic) bond motifs is 1. The smallest absolute Gasteiger partial charge is 0.291 e. The Kier molecular flexibility index (Phi) is 7.14. The normalized spacial score (nSPS) is 11.9. The van der Waals surface area contributed by atoms with E-state index in [0.717, 1.165) is 40.2 Å². The number of para-hydroxylation sites is 1. The van der Waals surface area contributed by atoms with E-state index in [4.69, 9.17) is 33.0 Å². The second-order valence-electron chi connectivity index (χ2n) is 9.21. The van der Waals surface area contributed by atoms with E-state index in [1.54, 1.807) is 18.2 Å². The van der Waals surface area contributed by atoms with Gasteiger partial charge < -0.3 is 4.74 Å². The minimum absolute atomic E-state index is 0.262. The Bertz CT molecular complexity index is 1960. The second-order valence-corrected chi connectivity index (χ2v) is 11.1. The molecule has 0 aliphatic carbocycles. The van der Waals surface area contributed by atoms with Crippen LogP contribution in [0.1, 0.15) is 24.5 Å². The SMILES string of the molecule is CCCOc1ccc(-c2nn(-c3ccccc3)cc2C=c2sc3nc(-c4ccc(Cl)cc4Cl)nn3c2=O)cc1C. The van der Waals surface area contributed by atoms with Gasteiger partial charge in [0.2, 0.25) is 4.96 Å². The van der Waals surface area contributed by atoms with Gasteiger partial charge in [0.15, 0.2) is 5.82 Å². The monoisotopic (exact) mass is 587 g/mol. The summed E-state index contributed by atoms with van der Waals surface area (Å²) in [7, 11) is 0. The van der Waals surface area contributed by atoms with Crippen LogP contribution in [-0.4, -0.2) is 31.0 Å². The molecule has 7 nitrogen and oxygen atoms in total. The van der Waals surface area contributed by atoms with Gasteiger partial charge in [0.05, 0.1) is 21.8 Å². The van der Waals surface area contributed by atoms with Crippen molar-refractivity contribution in [3.8, 4) is 34.1 Å². The minimum atomic E-state index is -0.262. The molecule has 0 N–H and O–H groups in total. The quantitative estimate of drug-likeness (QED) is 0.210. The van der Waals surface area contributed by atoms with Gasteiger partial charge in [-0.1, -0.05) is 59.7 Å². The molecule has 40 heavy (non-hydrogen) atoms. The summed E-state index contributed by atoms with van der Waals surface area (Å²) >= 11 is 13.6. The van der Waals surface area contributed by atoms with Crippen molar-refractivity contribution >= 4 is 45.6 Å². The summed E-state index contributed by atoms with van der Waals surface area (Å²) in [5, 5.41) is 10.3. The average Bonchev–Trinajstić information content (AvgIpc) is 3.63. The fourth-order valence-corrected chi connectivity index (χ4v) is 5.75. The Hall–Kier alpha value is -3.98. The highest BCUT2D eigenvalue weighted by molar-refractivity contribution is 7.15. The summed E-state index contributed by atoms with van der Waals surface area (Å²) in [5.41, 5.74) is 4.75. The lowest BCUT2D eigenvalue weighted by Gasteiger charge is -2.09. The fraction of sp³-hybridized carbons (Fsp3) is 0.133. The molecule has 0 fully saturated rings. The van der Waals surface area contributed by atoms with Gasteiger partial charge in [-0.05, 0) is 73.5 Å². The fourth-order valence-electron chi connectivity index (χ4n) is 4.36. The maximum atomic E-state index is 13.4. The first-order chi connectivity index (χ1) is 19.4. The minimum Gasteiger partial charge on any atom is -0.493 e. The highest BCUT2D eigenvalue weighted by atomic mass is 35.5. The molecule has 3 aromatic carbocycles. The van der Waals surface area contributed by atoms with Crippen LogP contribution >= 0.6 is 34.5 Å². The van der Waals surface area contributed by atoms with Gasteiger partial charge in [-0.2, -0.15) is 14.6 Å². The molecule has 0 radical (unpaired) electrons. The number of hydrogen-bond donors (Lipinski definition) is 0. The Morgan fingerprint density at radius 1 is 1.02 bits per heavy atom. The first-order valence-corrected chi connectivity index (χ1v) is 14.2. The molecular weight excluding hydrogens is 565 g/mol. The molecule has 0 amide bonds. The lowest BCUT2D eigenvalue weighted by molar-refractivity contribution is 0.315. The molecule has 6 aromatic rings. The Balaban J connectivity index is 1.46. The first kappa shape index (κ1) is 26.3. The lowest BCUT2D eigenvalue weighted by Crippen LogP contribution is -2.23. The Morgan fingerprint density at radius 2 is 1.85 bits per heavy atom. The number of aromatic nitrogens is 5. The lowest BCUT2D eigenvalue weighted by atomic mass is 10.0. The first-order valence-electron chi connectivity index (χ1n) is 12.7. The summed E-state index contributed by atoms with van der Waals surface area (Å²) in [5.74, 6) is 1.22. The summed E-state index contributed by atoms with van der Waals surface area (Å²) in [6.45, 7) is 4.76. The number of ether oxygens (including phenoxy) is 1. The molecule has 0 spiro atoms. The maximum Gasteiger partial charge on any atom is 0.291 e. The molecule has 10 heteroatoms. The van der Waals surface area contributed by atoms with Crippen molar-refractivity contribution in [1.29, 1.82) is 0 Å². The standard InChI is InChI=1S/C30H23Cl2N5O2S/c1-3-13-39-25-12-9-19(14-18(25)2)27-20(17-36(34-27)22-7-5-4-6-8-22)15-26-29(38)37-30(40-26)33-28(35-37)23-11-10-21(31)16-24(23)32/h4-12,14-17H,3,13H2,1-2H3. The van der Waals surface area contributed by atoms with Gasteiger partial charge in [0.1, 0.15) is 11.4 Å². The largest absolute Gasteiger partial charge is 0.493 e. The van der Waals surface area contributed by atoms with Crippen molar-refractivity contribution in [2.75, 3.05) is 6.61 Å². The zero-order chi connectivity index (χ0) is 27.8. The van der Waals surface area contributed by atoms with Gasteiger partial charge >= 0.3 is 0 Å². The van der Waals surface area contributed by atoms with E-state index < -0.39 is 0 Å². The summed E-state index contributed by atoms with van der Waals surface area (Å²) < 4.78 is 9.49. The van der Waals surface area contributed by atoms with Gasteiger partial charge in [0.25, 0.3) is 5.56 Å². The summed E-state index contributed by atoms with van der Waals surface area (Å²) in [6.07, 6.45) is 4.71. The molecule has 0 saturated carbocycles. The van der Waals surface area contributed by atoms with E-state index in [2.05, 4.69) is 23.1 Å². The van der Waals surface area contributed by atoms with Crippen LogP contribution < -0.4 is 14.8 Å².